The number of hydrogen-bond donors (Lipinski definition) is 0. The highest BCUT2D eigenvalue weighted by molar-refractivity contribution is 4.88. The fourth-order valence-electron chi connectivity index (χ4n) is 3.15. The van der Waals surface area contributed by atoms with E-state index < -0.39 is 0 Å². The van der Waals surface area contributed by atoms with Gasteiger partial charge in [-0.2, -0.15) is 0 Å². The number of piperazine rings is 1. The first-order chi connectivity index (χ1) is 8.81. The van der Waals surface area contributed by atoms with Crippen molar-refractivity contribution in [2.45, 2.75) is 38.3 Å². The zero-order valence-electron chi connectivity index (χ0n) is 11.9. The first-order valence-corrected chi connectivity index (χ1v) is 7.36. The van der Waals surface area contributed by atoms with Crippen molar-refractivity contribution < 1.29 is 9.47 Å². The van der Waals surface area contributed by atoms with E-state index in [-0.39, 0.29) is 0 Å². The van der Waals surface area contributed by atoms with E-state index in [1.54, 1.807) is 7.11 Å². The number of piperidine rings is 1. The Kier molecular flexibility index (Phi) is 5.89. The Morgan fingerprint density at radius 2 is 2.00 bits per heavy atom. The van der Waals surface area contributed by atoms with Crippen molar-refractivity contribution >= 4 is 0 Å². The summed E-state index contributed by atoms with van der Waals surface area (Å²) < 4.78 is 10.6. The molecule has 2 fully saturated rings. The highest BCUT2D eigenvalue weighted by Crippen LogP contribution is 2.23. The van der Waals surface area contributed by atoms with Crippen LogP contribution in [0.1, 0.15) is 26.2 Å². The molecule has 0 amide bonds. The molecule has 2 unspecified atom stereocenters. The second-order valence-corrected chi connectivity index (χ2v) is 5.59. The highest BCUT2D eigenvalue weighted by Gasteiger charge is 2.32. The van der Waals surface area contributed by atoms with Crippen LogP contribution in [0.15, 0.2) is 0 Å². The van der Waals surface area contributed by atoms with E-state index in [0.717, 1.165) is 19.2 Å². The molecule has 2 heterocycles. The maximum absolute atomic E-state index is 5.58. The first kappa shape index (κ1) is 14.3. The SMILES string of the molecule is COCCOCCN1CC2CCCCN2CC1C. The van der Waals surface area contributed by atoms with Gasteiger partial charge in [-0.3, -0.25) is 9.80 Å². The first-order valence-electron chi connectivity index (χ1n) is 7.36. The van der Waals surface area contributed by atoms with Gasteiger partial charge in [-0.05, 0) is 26.3 Å². The van der Waals surface area contributed by atoms with Crippen LogP contribution in [0.4, 0.5) is 0 Å². The van der Waals surface area contributed by atoms with E-state index in [4.69, 9.17) is 9.47 Å². The molecule has 4 nitrogen and oxygen atoms in total. The van der Waals surface area contributed by atoms with Gasteiger partial charge in [-0.1, -0.05) is 6.42 Å². The van der Waals surface area contributed by atoms with Crippen LogP contribution in [0.3, 0.4) is 0 Å². The van der Waals surface area contributed by atoms with E-state index in [9.17, 15) is 0 Å². The van der Waals surface area contributed by atoms with E-state index in [0.29, 0.717) is 19.3 Å². The Hall–Kier alpha value is -0.160. The third-order valence-electron chi connectivity index (χ3n) is 4.27. The molecule has 4 heteroatoms. The van der Waals surface area contributed by atoms with Gasteiger partial charge in [0.15, 0.2) is 0 Å². The number of fused-ring (bicyclic) bond motifs is 1. The summed E-state index contributed by atoms with van der Waals surface area (Å²) in [5.41, 5.74) is 0. The van der Waals surface area contributed by atoms with Gasteiger partial charge in [-0.15, -0.1) is 0 Å². The second-order valence-electron chi connectivity index (χ2n) is 5.59. The lowest BCUT2D eigenvalue weighted by molar-refractivity contribution is -0.00581. The lowest BCUT2D eigenvalue weighted by Crippen LogP contribution is -2.59. The summed E-state index contributed by atoms with van der Waals surface area (Å²) in [6.45, 7) is 9.45. The van der Waals surface area contributed by atoms with Crippen LogP contribution >= 0.6 is 0 Å². The zero-order chi connectivity index (χ0) is 12.8. The molecule has 0 saturated carbocycles. The third kappa shape index (κ3) is 3.92. The summed E-state index contributed by atoms with van der Waals surface area (Å²) in [6, 6.07) is 1.47. The fourth-order valence-corrected chi connectivity index (χ4v) is 3.15. The minimum absolute atomic E-state index is 0.672. The van der Waals surface area contributed by atoms with Crippen molar-refractivity contribution in [3.8, 4) is 0 Å². The lowest BCUT2D eigenvalue weighted by atomic mass is 9.97. The molecule has 18 heavy (non-hydrogen) atoms. The number of methoxy groups -OCH3 is 1. The Balaban J connectivity index is 1.68. The van der Waals surface area contributed by atoms with Crippen LogP contribution in [0, 0.1) is 0 Å². The van der Waals surface area contributed by atoms with Crippen LogP contribution in [0.5, 0.6) is 0 Å². The second kappa shape index (κ2) is 7.43. The third-order valence-corrected chi connectivity index (χ3v) is 4.27. The summed E-state index contributed by atoms with van der Waals surface area (Å²) in [4.78, 5) is 5.29. The van der Waals surface area contributed by atoms with Crippen LogP contribution in [-0.2, 0) is 9.47 Å². The summed E-state index contributed by atoms with van der Waals surface area (Å²) in [5, 5.41) is 0. The maximum atomic E-state index is 5.58. The smallest absolute Gasteiger partial charge is 0.0700 e. The predicted molar refractivity (Wildman–Crippen MR) is 72.9 cm³/mol. The molecule has 2 rings (SSSR count). The minimum atomic E-state index is 0.672. The number of hydrogen-bond acceptors (Lipinski definition) is 4. The van der Waals surface area contributed by atoms with E-state index >= 15 is 0 Å². The predicted octanol–water partition coefficient (Wildman–Crippen LogP) is 1.21. The molecule has 2 aliphatic heterocycles. The highest BCUT2D eigenvalue weighted by atomic mass is 16.5. The Labute approximate surface area is 111 Å². The van der Waals surface area contributed by atoms with Gasteiger partial charge in [-0.25, -0.2) is 0 Å². The van der Waals surface area contributed by atoms with Crippen LogP contribution in [-0.4, -0.2) is 75.0 Å². The number of ether oxygens (including phenoxy) is 2. The monoisotopic (exact) mass is 256 g/mol. The van der Waals surface area contributed by atoms with Gasteiger partial charge in [0.25, 0.3) is 0 Å². The Bertz CT molecular complexity index is 238. The Morgan fingerprint density at radius 3 is 2.83 bits per heavy atom. The lowest BCUT2D eigenvalue weighted by Gasteiger charge is -2.47. The average Bonchev–Trinajstić information content (AvgIpc) is 2.39. The molecular formula is C14H28N2O2. The normalized spacial score (nSPS) is 30.3. The molecule has 2 aliphatic rings. The van der Waals surface area contributed by atoms with Crippen molar-refractivity contribution in [3.05, 3.63) is 0 Å². The summed E-state index contributed by atoms with van der Waals surface area (Å²) in [7, 11) is 1.72. The largest absolute Gasteiger partial charge is 0.382 e. The van der Waals surface area contributed by atoms with E-state index in [1.165, 1.54) is 38.9 Å². The molecule has 0 N–H and O–H groups in total. The van der Waals surface area contributed by atoms with E-state index in [2.05, 4.69) is 16.7 Å². The molecule has 0 radical (unpaired) electrons. The standard InChI is InChI=1S/C14H28N2O2/c1-13-11-16-6-4-3-5-14(16)12-15(13)7-8-18-10-9-17-2/h13-14H,3-12H2,1-2H3. The fraction of sp³-hybridized carbons (Fsp3) is 1.00. The quantitative estimate of drug-likeness (QED) is 0.667. The van der Waals surface area contributed by atoms with Gasteiger partial charge < -0.3 is 9.47 Å². The average molecular weight is 256 g/mol. The van der Waals surface area contributed by atoms with Gasteiger partial charge in [0, 0.05) is 38.8 Å². The summed E-state index contributed by atoms with van der Waals surface area (Å²) in [6.07, 6.45) is 4.19. The van der Waals surface area contributed by atoms with Gasteiger partial charge in [0.2, 0.25) is 0 Å². The minimum Gasteiger partial charge on any atom is -0.382 e. The van der Waals surface area contributed by atoms with Crippen molar-refractivity contribution in [2.75, 3.05) is 53.1 Å². The molecule has 0 bridgehead atoms. The van der Waals surface area contributed by atoms with Crippen molar-refractivity contribution in [3.63, 3.8) is 0 Å². The van der Waals surface area contributed by atoms with E-state index in [1.807, 2.05) is 0 Å². The topological polar surface area (TPSA) is 24.9 Å². The van der Waals surface area contributed by atoms with Crippen LogP contribution in [0.25, 0.3) is 0 Å². The van der Waals surface area contributed by atoms with Gasteiger partial charge in [0.05, 0.1) is 19.8 Å². The molecule has 2 saturated heterocycles. The number of rotatable bonds is 6. The molecule has 0 aromatic rings. The Morgan fingerprint density at radius 1 is 1.11 bits per heavy atom. The molecule has 0 aliphatic carbocycles. The zero-order valence-corrected chi connectivity index (χ0v) is 11.9. The van der Waals surface area contributed by atoms with Crippen LogP contribution < -0.4 is 0 Å². The number of nitrogens with zero attached hydrogens (tertiary/aromatic N) is 2. The molecular weight excluding hydrogens is 228 g/mol. The molecule has 0 spiro atoms. The van der Waals surface area contributed by atoms with Crippen molar-refractivity contribution in [1.29, 1.82) is 0 Å². The molecule has 0 aromatic carbocycles. The van der Waals surface area contributed by atoms with Crippen molar-refractivity contribution in [1.82, 2.24) is 9.80 Å². The van der Waals surface area contributed by atoms with Crippen molar-refractivity contribution in [2.24, 2.45) is 0 Å². The van der Waals surface area contributed by atoms with Gasteiger partial charge in [0.1, 0.15) is 0 Å². The van der Waals surface area contributed by atoms with Gasteiger partial charge >= 0.3 is 0 Å². The maximum Gasteiger partial charge on any atom is 0.0700 e. The molecule has 106 valence electrons. The van der Waals surface area contributed by atoms with Crippen LogP contribution in [0.2, 0.25) is 0 Å². The molecule has 0 aromatic heterocycles. The summed E-state index contributed by atoms with van der Waals surface area (Å²) in [5.74, 6) is 0. The summed E-state index contributed by atoms with van der Waals surface area (Å²) >= 11 is 0. The molecule has 2 atom stereocenters.